The van der Waals surface area contributed by atoms with Crippen molar-refractivity contribution < 1.29 is 4.74 Å². The van der Waals surface area contributed by atoms with E-state index in [1.807, 2.05) is 0 Å². The van der Waals surface area contributed by atoms with Crippen LogP contribution >= 0.6 is 0 Å². The molecule has 8 aromatic rings. The molecule has 13 rings (SSSR count). The van der Waals surface area contributed by atoms with E-state index in [1.54, 1.807) is 0 Å². The lowest BCUT2D eigenvalue weighted by Gasteiger charge is -2.61. The molecule has 5 aliphatic rings. The highest BCUT2D eigenvalue weighted by atomic mass is 16.5. The Morgan fingerprint density at radius 3 is 2.06 bits per heavy atom. The molecule has 0 unspecified atom stereocenters. The molecule has 0 atom stereocenters. The lowest BCUT2D eigenvalue weighted by atomic mass is 9.52. The Bertz CT molecular complexity index is 2680. The average Bonchev–Trinajstić information content (AvgIpc) is 3.51. The minimum atomic E-state index is 0.174. The Hall–Kier alpha value is -5.54. The summed E-state index contributed by atoms with van der Waals surface area (Å²) in [7, 11) is 0. The Morgan fingerprint density at radius 2 is 1.22 bits per heavy atom. The quantitative estimate of drug-likeness (QED) is 0.175. The first kappa shape index (κ1) is 28.2. The van der Waals surface area contributed by atoms with Crippen LogP contribution in [0.15, 0.2) is 140 Å². The SMILES string of the molecule is c1ccc2c(c1)Oc1cccc3c4c(-c5ccc(N(c6ccc7c(ccc8ccccc87)c6)C67CC8CC(CC(C8)C6)C7)cc5)cccc4n-2c13. The summed E-state index contributed by atoms with van der Waals surface area (Å²) in [5, 5.41) is 7.81. The van der Waals surface area contributed by atoms with Gasteiger partial charge in [-0.05, 0) is 137 Å². The van der Waals surface area contributed by atoms with E-state index in [-0.39, 0.29) is 5.54 Å². The van der Waals surface area contributed by atoms with Gasteiger partial charge in [0.05, 0.1) is 16.7 Å². The van der Waals surface area contributed by atoms with Crippen LogP contribution in [0.3, 0.4) is 0 Å². The number of anilines is 2. The second-order valence-corrected chi connectivity index (χ2v) is 16.0. The minimum absolute atomic E-state index is 0.174. The first-order valence-electron chi connectivity index (χ1n) is 18.8. The van der Waals surface area contributed by atoms with Crippen LogP contribution < -0.4 is 9.64 Å². The number of nitrogens with zero attached hydrogens (tertiary/aromatic N) is 2. The van der Waals surface area contributed by atoms with E-state index in [0.717, 1.165) is 40.5 Å². The predicted octanol–water partition coefficient (Wildman–Crippen LogP) is 13.0. The van der Waals surface area contributed by atoms with E-state index in [2.05, 4.69) is 149 Å². The van der Waals surface area contributed by atoms with E-state index >= 15 is 0 Å². The van der Waals surface area contributed by atoms with Gasteiger partial charge < -0.3 is 14.2 Å². The molecule has 7 aromatic carbocycles. The first-order valence-corrected chi connectivity index (χ1v) is 18.8. The highest BCUT2D eigenvalue weighted by Gasteiger charge is 2.54. The van der Waals surface area contributed by atoms with Gasteiger partial charge in [-0.2, -0.15) is 0 Å². The number of rotatable bonds is 4. The Morgan fingerprint density at radius 1 is 0.549 bits per heavy atom. The van der Waals surface area contributed by atoms with Crippen molar-refractivity contribution in [2.45, 2.75) is 44.1 Å². The molecule has 246 valence electrons. The third kappa shape index (κ3) is 4.01. The van der Waals surface area contributed by atoms with Crippen LogP contribution in [-0.2, 0) is 0 Å². The third-order valence-electron chi connectivity index (χ3n) is 13.0. The Labute approximate surface area is 297 Å². The highest BCUT2D eigenvalue weighted by Crippen LogP contribution is 2.60. The molecule has 0 spiro atoms. The van der Waals surface area contributed by atoms with Crippen molar-refractivity contribution in [1.29, 1.82) is 0 Å². The standard InChI is InChI=1S/C48H38N2O/c1-2-8-38-33(7-1)15-16-35-26-37(21-22-39(35)38)50(48-27-30-23-31(28-48)25-32(24-30)29-48)36-19-17-34(18-20-36)40-9-5-12-43-46(40)41-10-6-14-45-47(41)49(43)42-11-3-4-13-44(42)51-45/h1-22,26,30-32H,23-25,27-29H2. The average molecular weight is 659 g/mol. The molecule has 0 N–H and O–H groups in total. The fourth-order valence-electron chi connectivity index (χ4n) is 11.5. The number of fused-ring (bicyclic) bond motifs is 8. The summed E-state index contributed by atoms with van der Waals surface area (Å²) in [6, 6.07) is 51.9. The Kier molecular flexibility index (Phi) is 5.67. The number of para-hydroxylation sites is 3. The van der Waals surface area contributed by atoms with Gasteiger partial charge in [0.1, 0.15) is 0 Å². The van der Waals surface area contributed by atoms with E-state index in [9.17, 15) is 0 Å². The van der Waals surface area contributed by atoms with Crippen molar-refractivity contribution in [3.8, 4) is 28.3 Å². The Balaban J connectivity index is 1.02. The molecule has 4 fully saturated rings. The maximum absolute atomic E-state index is 6.43. The zero-order valence-corrected chi connectivity index (χ0v) is 28.6. The van der Waals surface area contributed by atoms with Gasteiger partial charge in [0.2, 0.25) is 0 Å². The molecule has 51 heavy (non-hydrogen) atoms. The molecule has 3 heteroatoms. The van der Waals surface area contributed by atoms with Crippen molar-refractivity contribution in [3.63, 3.8) is 0 Å². The number of hydrogen-bond acceptors (Lipinski definition) is 2. The smallest absolute Gasteiger partial charge is 0.152 e. The topological polar surface area (TPSA) is 17.4 Å². The fraction of sp³-hybridized carbons (Fsp3) is 0.208. The highest BCUT2D eigenvalue weighted by molar-refractivity contribution is 6.17. The zero-order chi connectivity index (χ0) is 33.3. The maximum atomic E-state index is 6.43. The summed E-state index contributed by atoms with van der Waals surface area (Å²) in [5.74, 6) is 4.40. The van der Waals surface area contributed by atoms with E-state index in [1.165, 1.54) is 98.9 Å². The van der Waals surface area contributed by atoms with Crippen LogP contribution in [-0.4, -0.2) is 10.1 Å². The largest absolute Gasteiger partial charge is 0.453 e. The monoisotopic (exact) mass is 658 g/mol. The van der Waals surface area contributed by atoms with Gasteiger partial charge in [-0.25, -0.2) is 0 Å². The fourth-order valence-corrected chi connectivity index (χ4v) is 11.5. The molecule has 0 radical (unpaired) electrons. The summed E-state index contributed by atoms with van der Waals surface area (Å²) in [4.78, 5) is 2.80. The lowest BCUT2D eigenvalue weighted by molar-refractivity contribution is 0.000565. The molecule has 0 amide bonds. The van der Waals surface area contributed by atoms with E-state index in [0.29, 0.717) is 0 Å². The van der Waals surface area contributed by atoms with Gasteiger partial charge in [-0.1, -0.05) is 91.0 Å². The molecule has 2 heterocycles. The van der Waals surface area contributed by atoms with Gasteiger partial charge in [0.15, 0.2) is 11.5 Å². The molecular weight excluding hydrogens is 621 g/mol. The van der Waals surface area contributed by atoms with Crippen LogP contribution in [0, 0.1) is 17.8 Å². The normalized spacial score (nSPS) is 22.9. The molecule has 1 aromatic heterocycles. The van der Waals surface area contributed by atoms with Gasteiger partial charge in [0, 0.05) is 27.7 Å². The van der Waals surface area contributed by atoms with Crippen LogP contribution in [0.25, 0.3) is 60.2 Å². The number of hydrogen-bond donors (Lipinski definition) is 0. The van der Waals surface area contributed by atoms with E-state index < -0.39 is 0 Å². The number of aromatic nitrogens is 1. The van der Waals surface area contributed by atoms with Crippen molar-refractivity contribution in [2.75, 3.05) is 4.90 Å². The van der Waals surface area contributed by atoms with Crippen LogP contribution in [0.4, 0.5) is 11.4 Å². The van der Waals surface area contributed by atoms with Crippen molar-refractivity contribution in [1.82, 2.24) is 4.57 Å². The second kappa shape index (κ2) is 10.3. The van der Waals surface area contributed by atoms with Crippen LogP contribution in [0.5, 0.6) is 11.5 Å². The lowest BCUT2D eigenvalue weighted by Crippen LogP contribution is -2.58. The second-order valence-electron chi connectivity index (χ2n) is 16.0. The number of benzene rings is 7. The third-order valence-corrected chi connectivity index (χ3v) is 13.0. The molecule has 0 saturated heterocycles. The minimum Gasteiger partial charge on any atom is -0.453 e. The summed E-state index contributed by atoms with van der Waals surface area (Å²) >= 11 is 0. The molecule has 4 bridgehead atoms. The molecular formula is C48H38N2O. The van der Waals surface area contributed by atoms with Gasteiger partial charge >= 0.3 is 0 Å². The summed E-state index contributed by atoms with van der Waals surface area (Å²) in [6.07, 6.45) is 8.23. The van der Waals surface area contributed by atoms with E-state index in [4.69, 9.17) is 4.74 Å². The zero-order valence-electron chi connectivity index (χ0n) is 28.6. The summed E-state index contributed by atoms with van der Waals surface area (Å²) < 4.78 is 8.83. The van der Waals surface area contributed by atoms with Gasteiger partial charge in [-0.3, -0.25) is 0 Å². The number of ether oxygens (including phenoxy) is 1. The van der Waals surface area contributed by atoms with Gasteiger partial charge in [-0.15, -0.1) is 0 Å². The molecule has 3 nitrogen and oxygen atoms in total. The van der Waals surface area contributed by atoms with Crippen molar-refractivity contribution in [2.24, 2.45) is 17.8 Å². The molecule has 1 aliphatic heterocycles. The van der Waals surface area contributed by atoms with Crippen LogP contribution in [0.1, 0.15) is 38.5 Å². The maximum Gasteiger partial charge on any atom is 0.152 e. The molecule has 4 aliphatic carbocycles. The van der Waals surface area contributed by atoms with Crippen molar-refractivity contribution >= 4 is 54.7 Å². The first-order chi connectivity index (χ1) is 25.2. The van der Waals surface area contributed by atoms with Gasteiger partial charge in [0.25, 0.3) is 0 Å². The molecule has 4 saturated carbocycles. The summed E-state index contributed by atoms with van der Waals surface area (Å²) in [5.41, 5.74) is 8.79. The predicted molar refractivity (Wildman–Crippen MR) is 211 cm³/mol. The van der Waals surface area contributed by atoms with Crippen molar-refractivity contribution in [3.05, 3.63) is 140 Å². The van der Waals surface area contributed by atoms with Crippen LogP contribution in [0.2, 0.25) is 0 Å². The summed E-state index contributed by atoms with van der Waals surface area (Å²) in [6.45, 7) is 0.